The first-order valence-corrected chi connectivity index (χ1v) is 6.31. The van der Waals surface area contributed by atoms with Crippen molar-refractivity contribution in [2.45, 2.75) is 0 Å². The van der Waals surface area contributed by atoms with Crippen LogP contribution in [0.1, 0.15) is 0 Å². The average molecular weight is 283 g/mol. The van der Waals surface area contributed by atoms with Gasteiger partial charge in [-0.15, -0.1) is 0 Å². The molecule has 0 bridgehead atoms. The summed E-state index contributed by atoms with van der Waals surface area (Å²) in [6, 6.07) is 5.33. The Morgan fingerprint density at radius 3 is 2.62 bits per heavy atom. The van der Waals surface area contributed by atoms with Gasteiger partial charge in [0.25, 0.3) is 5.56 Å². The Morgan fingerprint density at radius 2 is 1.90 bits per heavy atom. The number of hydrogen-bond donors (Lipinski definition) is 1. The lowest BCUT2D eigenvalue weighted by molar-refractivity contribution is 0.708. The van der Waals surface area contributed by atoms with Gasteiger partial charge in [0.05, 0.1) is 17.6 Å². The van der Waals surface area contributed by atoms with Crippen LogP contribution in [-0.4, -0.2) is 19.1 Å². The van der Waals surface area contributed by atoms with Crippen LogP contribution in [0.4, 0.5) is 11.4 Å². The van der Waals surface area contributed by atoms with Gasteiger partial charge in [-0.2, -0.15) is 0 Å². The highest BCUT2D eigenvalue weighted by molar-refractivity contribution is 5.90. The maximum atomic E-state index is 12.4. The van der Waals surface area contributed by atoms with Gasteiger partial charge in [0.15, 0.2) is 5.65 Å². The molecule has 7 heteroatoms. The Morgan fingerprint density at radius 1 is 1.10 bits per heavy atom. The van der Waals surface area contributed by atoms with Crippen molar-refractivity contribution >= 4 is 22.4 Å². The maximum Gasteiger partial charge on any atom is 0.332 e. The maximum absolute atomic E-state index is 12.4. The molecular formula is C14H13N5O2. The first kappa shape index (κ1) is 13.0. The summed E-state index contributed by atoms with van der Waals surface area (Å²) in [6.45, 7) is 0. The predicted octanol–water partition coefficient (Wildman–Crippen LogP) is 0.771. The van der Waals surface area contributed by atoms with Crippen LogP contribution >= 0.6 is 0 Å². The van der Waals surface area contributed by atoms with Crippen LogP contribution in [0.5, 0.6) is 0 Å². The van der Waals surface area contributed by atoms with E-state index in [0.29, 0.717) is 16.7 Å². The van der Waals surface area contributed by atoms with Crippen LogP contribution < -0.4 is 16.6 Å². The zero-order valence-corrected chi connectivity index (χ0v) is 11.6. The number of nitrogens with zero attached hydrogens (tertiary/aromatic N) is 4. The standard InChI is InChI=1S/C14H13N5O2/c1-18-12-11(13(20)19(2)14(18)21)10(5-7-16-12)17-9-4-3-6-15-8-9/h3-8H,1-2H3,(H,16,17). The van der Waals surface area contributed by atoms with E-state index in [9.17, 15) is 9.59 Å². The summed E-state index contributed by atoms with van der Waals surface area (Å²) in [5, 5.41) is 3.50. The van der Waals surface area contributed by atoms with Gasteiger partial charge in [-0.25, -0.2) is 9.78 Å². The molecular weight excluding hydrogens is 270 g/mol. The van der Waals surface area contributed by atoms with Gasteiger partial charge in [0.2, 0.25) is 0 Å². The largest absolute Gasteiger partial charge is 0.353 e. The molecule has 0 spiro atoms. The van der Waals surface area contributed by atoms with Gasteiger partial charge in [-0.05, 0) is 18.2 Å². The molecule has 0 atom stereocenters. The van der Waals surface area contributed by atoms with E-state index in [1.807, 2.05) is 6.07 Å². The van der Waals surface area contributed by atoms with Gasteiger partial charge in [-0.3, -0.25) is 18.9 Å². The lowest BCUT2D eigenvalue weighted by atomic mass is 10.2. The van der Waals surface area contributed by atoms with Crippen LogP contribution in [0.2, 0.25) is 0 Å². The number of rotatable bonds is 2. The van der Waals surface area contributed by atoms with Crippen LogP contribution in [0, 0.1) is 0 Å². The SMILES string of the molecule is Cn1c(=O)c2c(Nc3cccnc3)ccnc2n(C)c1=O. The van der Waals surface area contributed by atoms with E-state index in [2.05, 4.69) is 15.3 Å². The van der Waals surface area contributed by atoms with Gasteiger partial charge >= 0.3 is 5.69 Å². The molecule has 3 aromatic heterocycles. The normalized spacial score (nSPS) is 10.8. The van der Waals surface area contributed by atoms with E-state index in [-0.39, 0.29) is 5.56 Å². The molecule has 21 heavy (non-hydrogen) atoms. The van der Waals surface area contributed by atoms with Crippen LogP contribution in [0.15, 0.2) is 46.4 Å². The molecule has 0 aliphatic carbocycles. The molecule has 0 saturated heterocycles. The van der Waals surface area contributed by atoms with Crippen molar-refractivity contribution in [2.24, 2.45) is 14.1 Å². The molecule has 106 valence electrons. The zero-order chi connectivity index (χ0) is 15.0. The molecule has 1 N–H and O–H groups in total. The first-order valence-electron chi connectivity index (χ1n) is 6.31. The number of pyridine rings is 2. The van der Waals surface area contributed by atoms with Crippen molar-refractivity contribution in [1.82, 2.24) is 19.1 Å². The minimum atomic E-state index is -0.404. The molecule has 0 saturated carbocycles. The second kappa shape index (κ2) is 4.86. The van der Waals surface area contributed by atoms with Crippen molar-refractivity contribution in [3.63, 3.8) is 0 Å². The Hall–Kier alpha value is -2.96. The van der Waals surface area contributed by atoms with E-state index in [0.717, 1.165) is 10.3 Å². The van der Waals surface area contributed by atoms with E-state index in [4.69, 9.17) is 0 Å². The summed E-state index contributed by atoms with van der Waals surface area (Å²) in [6.07, 6.45) is 4.87. The van der Waals surface area contributed by atoms with Gasteiger partial charge < -0.3 is 5.32 Å². The minimum absolute atomic E-state index is 0.344. The summed E-state index contributed by atoms with van der Waals surface area (Å²) in [5.74, 6) is 0. The number of fused-ring (bicyclic) bond motifs is 1. The Balaban J connectivity index is 2.30. The molecule has 0 fully saturated rings. The third-order valence-electron chi connectivity index (χ3n) is 3.28. The van der Waals surface area contributed by atoms with Crippen molar-refractivity contribution in [3.8, 4) is 0 Å². The quantitative estimate of drug-likeness (QED) is 0.751. The highest BCUT2D eigenvalue weighted by Gasteiger charge is 2.13. The summed E-state index contributed by atoms with van der Waals surface area (Å²) in [5.41, 5.74) is 0.896. The molecule has 3 heterocycles. The van der Waals surface area contributed by atoms with Crippen LogP contribution in [0.3, 0.4) is 0 Å². The van der Waals surface area contributed by atoms with Crippen molar-refractivity contribution in [1.29, 1.82) is 0 Å². The molecule has 0 unspecified atom stereocenters. The average Bonchev–Trinajstić information content (AvgIpc) is 2.51. The fraction of sp³-hybridized carbons (Fsp3) is 0.143. The van der Waals surface area contributed by atoms with Gasteiger partial charge in [0.1, 0.15) is 5.39 Å². The summed E-state index contributed by atoms with van der Waals surface area (Å²) < 4.78 is 2.42. The van der Waals surface area contributed by atoms with Crippen molar-refractivity contribution < 1.29 is 0 Å². The molecule has 0 aliphatic rings. The predicted molar refractivity (Wildman–Crippen MR) is 79.7 cm³/mol. The molecule has 7 nitrogen and oxygen atoms in total. The molecule has 3 aromatic rings. The number of hydrogen-bond acceptors (Lipinski definition) is 5. The molecule has 0 aliphatic heterocycles. The summed E-state index contributed by atoms with van der Waals surface area (Å²) in [4.78, 5) is 32.5. The second-order valence-corrected chi connectivity index (χ2v) is 4.63. The molecule has 0 amide bonds. The zero-order valence-electron chi connectivity index (χ0n) is 11.6. The second-order valence-electron chi connectivity index (χ2n) is 4.63. The fourth-order valence-electron chi connectivity index (χ4n) is 2.18. The molecule has 3 rings (SSSR count). The van der Waals surface area contributed by atoms with Crippen LogP contribution in [0.25, 0.3) is 11.0 Å². The number of aryl methyl sites for hydroxylation is 1. The van der Waals surface area contributed by atoms with E-state index >= 15 is 0 Å². The topological polar surface area (TPSA) is 81.8 Å². The molecule has 0 radical (unpaired) electrons. The van der Waals surface area contributed by atoms with E-state index in [1.165, 1.54) is 11.6 Å². The van der Waals surface area contributed by atoms with Crippen molar-refractivity contribution in [2.75, 3.05) is 5.32 Å². The fourth-order valence-corrected chi connectivity index (χ4v) is 2.18. The third-order valence-corrected chi connectivity index (χ3v) is 3.28. The van der Waals surface area contributed by atoms with Crippen molar-refractivity contribution in [3.05, 3.63) is 57.6 Å². The minimum Gasteiger partial charge on any atom is -0.353 e. The lowest BCUT2D eigenvalue weighted by Crippen LogP contribution is -2.37. The number of anilines is 2. The number of aromatic nitrogens is 4. The highest BCUT2D eigenvalue weighted by Crippen LogP contribution is 2.20. The Kier molecular flexibility index (Phi) is 3.02. The van der Waals surface area contributed by atoms with Crippen LogP contribution in [-0.2, 0) is 14.1 Å². The Labute approximate surface area is 119 Å². The van der Waals surface area contributed by atoms with E-state index in [1.54, 1.807) is 37.8 Å². The Bertz CT molecular complexity index is 928. The summed E-state index contributed by atoms with van der Waals surface area (Å²) in [7, 11) is 3.04. The summed E-state index contributed by atoms with van der Waals surface area (Å²) >= 11 is 0. The first-order chi connectivity index (χ1) is 10.1. The lowest BCUT2D eigenvalue weighted by Gasteiger charge is -2.11. The highest BCUT2D eigenvalue weighted by atomic mass is 16.2. The number of nitrogens with one attached hydrogen (secondary N) is 1. The van der Waals surface area contributed by atoms with Gasteiger partial charge in [0, 0.05) is 26.5 Å². The van der Waals surface area contributed by atoms with Gasteiger partial charge in [-0.1, -0.05) is 0 Å². The monoisotopic (exact) mass is 283 g/mol. The third kappa shape index (κ3) is 2.08. The van der Waals surface area contributed by atoms with E-state index < -0.39 is 5.69 Å². The molecule has 0 aromatic carbocycles. The smallest absolute Gasteiger partial charge is 0.332 e.